The van der Waals surface area contributed by atoms with Crippen molar-refractivity contribution in [1.29, 1.82) is 0 Å². The van der Waals surface area contributed by atoms with Gasteiger partial charge >= 0.3 is 0 Å². The summed E-state index contributed by atoms with van der Waals surface area (Å²) in [6.45, 7) is 10.1. The topological polar surface area (TPSA) is 84.4 Å². The zero-order chi connectivity index (χ0) is 26.5. The molecule has 3 atom stereocenters. The molecular weight excluding hydrogens is 470 g/mol. The normalized spacial score (nSPS) is 19.6. The van der Waals surface area contributed by atoms with Crippen LogP contribution >= 0.6 is 0 Å². The van der Waals surface area contributed by atoms with E-state index in [1.165, 1.54) is 0 Å². The second-order valence-electron chi connectivity index (χ2n) is 10.5. The molecule has 1 aromatic heterocycles. The number of hydrogen-bond acceptors (Lipinski definition) is 7. The zero-order valence-corrected chi connectivity index (χ0v) is 22.4. The van der Waals surface area contributed by atoms with Crippen LogP contribution in [-0.4, -0.2) is 71.5 Å². The van der Waals surface area contributed by atoms with Crippen LogP contribution in [0.3, 0.4) is 0 Å². The Kier molecular flexibility index (Phi) is 8.57. The van der Waals surface area contributed by atoms with Gasteiger partial charge in [0, 0.05) is 43.7 Å². The quantitative estimate of drug-likeness (QED) is 0.574. The molecule has 8 heteroatoms. The van der Waals surface area contributed by atoms with Crippen molar-refractivity contribution in [2.45, 2.75) is 52.8 Å². The van der Waals surface area contributed by atoms with Crippen molar-refractivity contribution in [2.75, 3.05) is 33.5 Å². The molecule has 4 rings (SSSR count). The molecule has 1 aromatic carbocycles. The van der Waals surface area contributed by atoms with Crippen molar-refractivity contribution < 1.29 is 24.1 Å². The Hall–Kier alpha value is -3.28. The Balaban J connectivity index is 1.57. The average molecular weight is 508 g/mol. The number of nitrogens with zero attached hydrogens (tertiary/aromatic N) is 3. The molecule has 0 radical (unpaired) electrons. The molecule has 0 unspecified atom stereocenters. The van der Waals surface area contributed by atoms with Crippen molar-refractivity contribution in [3.05, 3.63) is 47.2 Å². The van der Waals surface area contributed by atoms with Crippen LogP contribution in [0.1, 0.15) is 55.6 Å². The minimum Gasteiger partial charge on any atom is -0.472 e. The fraction of sp³-hybridized carbons (Fsp3) is 0.517. The predicted octanol–water partition coefficient (Wildman–Crippen LogP) is 3.56. The number of carbonyl (C=O) groups is 1. The molecule has 1 N–H and O–H groups in total. The molecule has 198 valence electrons. The maximum atomic E-state index is 13.5. The Morgan fingerprint density at radius 2 is 2.00 bits per heavy atom. The summed E-state index contributed by atoms with van der Waals surface area (Å²) in [6, 6.07) is 7.40. The lowest BCUT2D eigenvalue weighted by molar-refractivity contribution is 0.0325. The third kappa shape index (κ3) is 6.54. The number of likely N-dealkylation sites (N-methyl/N-ethyl adjacent to an activating group) is 1. The first kappa shape index (κ1) is 26.8. The van der Waals surface area contributed by atoms with Crippen LogP contribution in [0.15, 0.2) is 30.5 Å². The molecule has 3 heterocycles. The molecule has 0 bridgehead atoms. The fourth-order valence-corrected chi connectivity index (χ4v) is 4.47. The van der Waals surface area contributed by atoms with Gasteiger partial charge in [-0.2, -0.15) is 0 Å². The van der Waals surface area contributed by atoms with Gasteiger partial charge in [-0.25, -0.2) is 4.98 Å². The molecule has 2 aromatic rings. The third-order valence-corrected chi connectivity index (χ3v) is 6.65. The summed E-state index contributed by atoms with van der Waals surface area (Å²) < 4.78 is 17.3. The Bertz CT molecular complexity index is 1170. The average Bonchev–Trinajstić information content (AvgIpc) is 3.33. The fourth-order valence-electron chi connectivity index (χ4n) is 4.47. The van der Waals surface area contributed by atoms with Crippen molar-refractivity contribution >= 4 is 5.91 Å². The molecule has 0 aliphatic carbocycles. The monoisotopic (exact) mass is 507 g/mol. The first-order valence-corrected chi connectivity index (χ1v) is 12.9. The van der Waals surface area contributed by atoms with Crippen LogP contribution in [0.2, 0.25) is 0 Å². The number of fused-ring (bicyclic) bond motifs is 2. The lowest BCUT2D eigenvalue weighted by atomic mass is 9.99. The summed E-state index contributed by atoms with van der Waals surface area (Å²) in [6.07, 6.45) is 2.22. The van der Waals surface area contributed by atoms with Gasteiger partial charge in [0.1, 0.15) is 11.7 Å². The summed E-state index contributed by atoms with van der Waals surface area (Å²) >= 11 is 0. The molecule has 8 nitrogen and oxygen atoms in total. The van der Waals surface area contributed by atoms with E-state index in [0.29, 0.717) is 42.6 Å². The van der Waals surface area contributed by atoms with Gasteiger partial charge < -0.3 is 24.2 Å². The van der Waals surface area contributed by atoms with Gasteiger partial charge in [0.2, 0.25) is 12.7 Å². The summed E-state index contributed by atoms with van der Waals surface area (Å²) in [5, 5.41) is 9.88. The minimum atomic E-state index is -0.330. The lowest BCUT2D eigenvalue weighted by Crippen LogP contribution is -2.49. The van der Waals surface area contributed by atoms with Crippen LogP contribution in [0.25, 0.3) is 0 Å². The largest absolute Gasteiger partial charge is 0.472 e. The highest BCUT2D eigenvalue weighted by molar-refractivity contribution is 5.97. The minimum absolute atomic E-state index is 0.0117. The van der Waals surface area contributed by atoms with Crippen molar-refractivity contribution in [1.82, 2.24) is 14.8 Å². The van der Waals surface area contributed by atoms with Crippen LogP contribution in [0, 0.1) is 23.7 Å². The Morgan fingerprint density at radius 1 is 1.22 bits per heavy atom. The van der Waals surface area contributed by atoms with Gasteiger partial charge in [-0.05, 0) is 43.7 Å². The highest BCUT2D eigenvalue weighted by Crippen LogP contribution is 2.33. The van der Waals surface area contributed by atoms with Crippen molar-refractivity contribution in [3.63, 3.8) is 0 Å². The lowest BCUT2D eigenvalue weighted by Gasteiger charge is -2.37. The van der Waals surface area contributed by atoms with Gasteiger partial charge in [-0.3, -0.25) is 9.69 Å². The Morgan fingerprint density at radius 3 is 2.76 bits per heavy atom. The number of amides is 1. The van der Waals surface area contributed by atoms with E-state index in [0.717, 1.165) is 23.5 Å². The predicted molar refractivity (Wildman–Crippen MR) is 141 cm³/mol. The van der Waals surface area contributed by atoms with Crippen LogP contribution in [0.5, 0.6) is 17.4 Å². The van der Waals surface area contributed by atoms with Crippen LogP contribution in [-0.2, 0) is 6.54 Å². The summed E-state index contributed by atoms with van der Waals surface area (Å²) in [4.78, 5) is 22.0. The number of carbonyl (C=O) groups excluding carboxylic acids is 1. The highest BCUT2D eigenvalue weighted by Gasteiger charge is 2.34. The second kappa shape index (κ2) is 11.8. The second-order valence-corrected chi connectivity index (χ2v) is 10.5. The van der Waals surface area contributed by atoms with Gasteiger partial charge in [0.25, 0.3) is 5.91 Å². The van der Waals surface area contributed by atoms with Gasteiger partial charge in [0.15, 0.2) is 11.5 Å². The van der Waals surface area contributed by atoms with Crippen molar-refractivity contribution in [3.8, 4) is 29.2 Å². The third-order valence-electron chi connectivity index (χ3n) is 6.65. The van der Waals surface area contributed by atoms with E-state index in [4.69, 9.17) is 14.2 Å². The first-order valence-electron chi connectivity index (χ1n) is 12.9. The molecule has 0 saturated heterocycles. The molecule has 0 fully saturated rings. The van der Waals surface area contributed by atoms with E-state index in [2.05, 4.69) is 42.5 Å². The smallest absolute Gasteiger partial charge is 0.259 e. The first-order chi connectivity index (χ1) is 17.7. The van der Waals surface area contributed by atoms with Gasteiger partial charge in [-0.1, -0.05) is 38.7 Å². The molecule has 2 aliphatic heterocycles. The molecule has 37 heavy (non-hydrogen) atoms. The van der Waals surface area contributed by atoms with E-state index in [-0.39, 0.29) is 37.4 Å². The number of aromatic nitrogens is 1. The van der Waals surface area contributed by atoms with Crippen LogP contribution < -0.4 is 14.2 Å². The maximum absolute atomic E-state index is 13.5. The van der Waals surface area contributed by atoms with Crippen molar-refractivity contribution in [2.24, 2.45) is 11.8 Å². The van der Waals surface area contributed by atoms with E-state index in [1.807, 2.05) is 32.2 Å². The number of rotatable bonds is 7. The van der Waals surface area contributed by atoms with E-state index < -0.39 is 0 Å². The van der Waals surface area contributed by atoms with Gasteiger partial charge in [-0.15, -0.1) is 0 Å². The number of benzene rings is 1. The standard InChI is InChI=1S/C29H37N3O5/c1-19(2)7-6-8-22-11-24-28(30-13-22)37-27(20(3)14-32(29(24)34)21(4)17-33)16-31(5)15-23-9-10-25-26(12-23)36-18-35-25/h9-13,19-21,27,33H,7,14-18H2,1-5H3/t20-,21+,27+/m1/s1. The molecular formula is C29H37N3O5. The van der Waals surface area contributed by atoms with Gasteiger partial charge in [0.05, 0.1) is 12.6 Å². The maximum Gasteiger partial charge on any atom is 0.259 e. The number of pyridine rings is 1. The highest BCUT2D eigenvalue weighted by atomic mass is 16.7. The van der Waals surface area contributed by atoms with E-state index in [9.17, 15) is 9.90 Å². The summed E-state index contributed by atoms with van der Waals surface area (Å²) in [5.41, 5.74) is 2.17. The number of hydrogen-bond donors (Lipinski definition) is 1. The summed E-state index contributed by atoms with van der Waals surface area (Å²) in [5.74, 6) is 8.39. The number of ether oxygens (including phenoxy) is 3. The molecule has 0 saturated carbocycles. The zero-order valence-electron chi connectivity index (χ0n) is 22.4. The molecule has 2 aliphatic rings. The number of aliphatic hydroxyl groups excluding tert-OH is 1. The van der Waals surface area contributed by atoms with Crippen LogP contribution in [0.4, 0.5) is 0 Å². The van der Waals surface area contributed by atoms with E-state index >= 15 is 0 Å². The van der Waals surface area contributed by atoms with E-state index in [1.54, 1.807) is 17.2 Å². The number of aliphatic hydroxyl groups is 1. The summed E-state index contributed by atoms with van der Waals surface area (Å²) in [7, 11) is 2.04. The molecule has 0 spiro atoms. The SMILES string of the molecule is CC(C)CC#Cc1cnc2c(c1)C(=O)N([C@@H](C)CO)C[C@@H](C)[C@H](CN(C)Cc1ccc3c(c1)OCO3)O2. The Labute approximate surface area is 219 Å². The molecule has 1 amide bonds.